The van der Waals surface area contributed by atoms with E-state index in [1.54, 1.807) is 0 Å². The van der Waals surface area contributed by atoms with Crippen molar-refractivity contribution in [3.8, 4) is 0 Å². The number of carboxylic acids is 2. The van der Waals surface area contributed by atoms with E-state index in [4.69, 9.17) is 16.6 Å². The van der Waals surface area contributed by atoms with Gasteiger partial charge in [0.1, 0.15) is 18.1 Å². The van der Waals surface area contributed by atoms with Gasteiger partial charge >= 0.3 is 11.9 Å². The van der Waals surface area contributed by atoms with Crippen molar-refractivity contribution in [3.05, 3.63) is 0 Å². The van der Waals surface area contributed by atoms with Crippen molar-refractivity contribution < 1.29 is 39.3 Å². The quantitative estimate of drug-likeness (QED) is 0.0812. The second-order valence-electron chi connectivity index (χ2n) is 7.19. The van der Waals surface area contributed by atoms with E-state index in [9.17, 15) is 34.2 Å². The van der Waals surface area contributed by atoms with Crippen LogP contribution in [-0.4, -0.2) is 87.5 Å². The zero-order valence-corrected chi connectivity index (χ0v) is 18.7. The van der Waals surface area contributed by atoms with Crippen LogP contribution >= 0.6 is 12.6 Å². The highest BCUT2D eigenvalue weighted by Gasteiger charge is 2.32. The van der Waals surface area contributed by atoms with Gasteiger partial charge in [-0.1, -0.05) is 0 Å². The highest BCUT2D eigenvalue weighted by molar-refractivity contribution is 7.80. The normalized spacial score (nSPS) is 15.5. The number of amides is 3. The summed E-state index contributed by atoms with van der Waals surface area (Å²) in [5, 5.41) is 34.6. The van der Waals surface area contributed by atoms with Gasteiger partial charge in [-0.25, -0.2) is 4.79 Å². The topological polar surface area (TPSA) is 234 Å². The van der Waals surface area contributed by atoms with E-state index in [1.807, 2.05) is 0 Å². The first-order valence-corrected chi connectivity index (χ1v) is 10.7. The van der Waals surface area contributed by atoms with Crippen LogP contribution in [-0.2, 0) is 24.0 Å². The maximum Gasteiger partial charge on any atom is 0.326 e. The number of aliphatic carboxylic acids is 2. The minimum absolute atomic E-state index is 0.145. The Bertz CT molecular complexity index is 663. The van der Waals surface area contributed by atoms with E-state index in [0.717, 1.165) is 0 Å². The molecule has 0 aliphatic rings. The lowest BCUT2D eigenvalue weighted by Gasteiger charge is -2.25. The van der Waals surface area contributed by atoms with Gasteiger partial charge in [0.05, 0.1) is 12.1 Å². The summed E-state index contributed by atoms with van der Waals surface area (Å²) in [5.74, 6) is -5.17. The molecule has 10 N–H and O–H groups in total. The summed E-state index contributed by atoms with van der Waals surface area (Å²) in [6.07, 6.45) is -0.722. The van der Waals surface area contributed by atoms with Gasteiger partial charge in [-0.15, -0.1) is 0 Å². The van der Waals surface area contributed by atoms with E-state index >= 15 is 0 Å². The third-order valence-corrected chi connectivity index (χ3v) is 4.81. The molecule has 0 aromatic carbocycles. The Morgan fingerprint density at radius 3 is 1.97 bits per heavy atom. The average Bonchev–Trinajstić information content (AvgIpc) is 2.72. The molecular formula is C18H33N5O8S. The summed E-state index contributed by atoms with van der Waals surface area (Å²) in [7, 11) is 0. The third kappa shape index (κ3) is 11.3. The van der Waals surface area contributed by atoms with E-state index in [1.165, 1.54) is 6.92 Å². The fourth-order valence-electron chi connectivity index (χ4n) is 2.55. The van der Waals surface area contributed by atoms with Crippen LogP contribution in [0.3, 0.4) is 0 Å². The molecule has 0 aliphatic heterocycles. The lowest BCUT2D eigenvalue weighted by molar-refractivity contribution is -0.142. The summed E-state index contributed by atoms with van der Waals surface area (Å²) in [5.41, 5.74) is 11.0. The van der Waals surface area contributed by atoms with E-state index in [0.29, 0.717) is 19.4 Å². The molecule has 14 heteroatoms. The first-order chi connectivity index (χ1) is 14.9. The van der Waals surface area contributed by atoms with Gasteiger partial charge in [-0.05, 0) is 39.2 Å². The zero-order chi connectivity index (χ0) is 24.8. The fraction of sp³-hybridized carbons (Fsp3) is 0.722. The molecule has 32 heavy (non-hydrogen) atoms. The number of nitrogens with two attached hydrogens (primary N) is 2. The molecule has 0 spiro atoms. The van der Waals surface area contributed by atoms with Crippen molar-refractivity contribution in [2.24, 2.45) is 11.5 Å². The molecule has 0 bridgehead atoms. The second kappa shape index (κ2) is 15.4. The molecule has 0 heterocycles. The number of hydrogen-bond acceptors (Lipinski definition) is 9. The number of thiol groups is 1. The van der Waals surface area contributed by atoms with Crippen molar-refractivity contribution in [1.29, 1.82) is 0 Å². The summed E-state index contributed by atoms with van der Waals surface area (Å²) >= 11 is 3.99. The predicted octanol–water partition coefficient (Wildman–Crippen LogP) is -2.84. The Morgan fingerprint density at radius 2 is 1.50 bits per heavy atom. The summed E-state index contributed by atoms with van der Waals surface area (Å²) in [4.78, 5) is 59.1. The minimum Gasteiger partial charge on any atom is -0.481 e. The molecule has 0 saturated carbocycles. The lowest BCUT2D eigenvalue weighted by atomic mass is 10.1. The SMILES string of the molecule is CC(O)C(NC(=O)C(N)CCC(=O)O)C(=O)NC(CS)C(=O)NC(CCCCN)C(=O)O. The number of aliphatic hydroxyl groups is 1. The van der Waals surface area contributed by atoms with Gasteiger partial charge in [0.25, 0.3) is 0 Å². The first kappa shape index (κ1) is 29.6. The average molecular weight is 480 g/mol. The Morgan fingerprint density at radius 1 is 0.906 bits per heavy atom. The number of hydrogen-bond donors (Lipinski definition) is 9. The Balaban J connectivity index is 5.08. The maximum atomic E-state index is 12.5. The molecule has 0 aromatic heterocycles. The Kier molecular flexibility index (Phi) is 14.2. The highest BCUT2D eigenvalue weighted by Crippen LogP contribution is 2.04. The summed E-state index contributed by atoms with van der Waals surface area (Å²) < 4.78 is 0. The number of carbonyl (C=O) groups is 5. The standard InChI is InChI=1S/C18H33N5O8S/c1-9(24)14(23-15(27)10(20)5-6-13(25)26)17(29)22-12(8-32)16(28)21-11(18(30)31)4-2-3-7-19/h9-12,14,24,32H,2-8,19-20H2,1H3,(H,21,28)(H,22,29)(H,23,27)(H,25,26)(H,30,31). The Hall–Kier alpha value is -2.42. The van der Waals surface area contributed by atoms with Crippen molar-refractivity contribution in [3.63, 3.8) is 0 Å². The number of carbonyl (C=O) groups excluding carboxylic acids is 3. The van der Waals surface area contributed by atoms with Crippen LogP contribution in [0.15, 0.2) is 0 Å². The van der Waals surface area contributed by atoms with Crippen LogP contribution in [0.1, 0.15) is 39.0 Å². The largest absolute Gasteiger partial charge is 0.481 e. The summed E-state index contributed by atoms with van der Waals surface area (Å²) in [6, 6.07) is -5.16. The molecule has 0 aliphatic carbocycles. The number of unbranched alkanes of at least 4 members (excludes halogenated alkanes) is 1. The Labute approximate surface area is 191 Å². The maximum absolute atomic E-state index is 12.5. The molecule has 13 nitrogen and oxygen atoms in total. The lowest BCUT2D eigenvalue weighted by Crippen LogP contribution is -2.60. The monoisotopic (exact) mass is 479 g/mol. The van der Waals surface area contributed by atoms with Crippen molar-refractivity contribution in [2.45, 2.75) is 69.3 Å². The number of aliphatic hydroxyl groups excluding tert-OH is 1. The molecule has 3 amide bonds. The fourth-order valence-corrected chi connectivity index (χ4v) is 2.81. The van der Waals surface area contributed by atoms with Crippen LogP contribution in [0.4, 0.5) is 0 Å². The third-order valence-electron chi connectivity index (χ3n) is 4.45. The minimum atomic E-state index is -1.49. The van der Waals surface area contributed by atoms with Crippen molar-refractivity contribution in [1.82, 2.24) is 16.0 Å². The van der Waals surface area contributed by atoms with Crippen LogP contribution in [0, 0.1) is 0 Å². The van der Waals surface area contributed by atoms with E-state index in [-0.39, 0.29) is 25.0 Å². The van der Waals surface area contributed by atoms with Gasteiger partial charge in [0, 0.05) is 12.2 Å². The number of rotatable bonds is 16. The highest BCUT2D eigenvalue weighted by atomic mass is 32.1. The molecule has 5 unspecified atom stereocenters. The van der Waals surface area contributed by atoms with Gasteiger partial charge in [0.15, 0.2) is 0 Å². The number of nitrogens with one attached hydrogen (secondary N) is 3. The molecular weight excluding hydrogens is 446 g/mol. The van der Waals surface area contributed by atoms with Gasteiger partial charge in [-0.3, -0.25) is 19.2 Å². The molecule has 0 radical (unpaired) electrons. The molecule has 0 fully saturated rings. The molecule has 5 atom stereocenters. The predicted molar refractivity (Wildman–Crippen MR) is 117 cm³/mol. The van der Waals surface area contributed by atoms with Crippen LogP contribution in [0.25, 0.3) is 0 Å². The zero-order valence-electron chi connectivity index (χ0n) is 17.8. The van der Waals surface area contributed by atoms with E-state index < -0.39 is 59.9 Å². The molecule has 0 aromatic rings. The van der Waals surface area contributed by atoms with Gasteiger partial charge in [-0.2, -0.15) is 12.6 Å². The van der Waals surface area contributed by atoms with Crippen molar-refractivity contribution in [2.75, 3.05) is 12.3 Å². The van der Waals surface area contributed by atoms with Gasteiger partial charge < -0.3 is 42.7 Å². The summed E-state index contributed by atoms with van der Waals surface area (Å²) in [6.45, 7) is 1.60. The molecule has 0 rings (SSSR count). The smallest absolute Gasteiger partial charge is 0.326 e. The first-order valence-electron chi connectivity index (χ1n) is 10.0. The van der Waals surface area contributed by atoms with E-state index in [2.05, 4.69) is 28.6 Å². The molecule has 184 valence electrons. The number of carboxylic acid groups (broad SMARTS) is 2. The van der Waals surface area contributed by atoms with Crippen LogP contribution in [0.2, 0.25) is 0 Å². The van der Waals surface area contributed by atoms with Crippen molar-refractivity contribution >= 4 is 42.3 Å². The molecule has 0 saturated heterocycles. The second-order valence-corrected chi connectivity index (χ2v) is 7.56. The van der Waals surface area contributed by atoms with Crippen LogP contribution < -0.4 is 27.4 Å². The van der Waals surface area contributed by atoms with Crippen LogP contribution in [0.5, 0.6) is 0 Å². The van der Waals surface area contributed by atoms with Gasteiger partial charge in [0.2, 0.25) is 17.7 Å².